The van der Waals surface area contributed by atoms with E-state index in [9.17, 15) is 9.59 Å². The second-order valence-corrected chi connectivity index (χ2v) is 7.09. The quantitative estimate of drug-likeness (QED) is 0.390. The second kappa shape index (κ2) is 11.0. The summed E-state index contributed by atoms with van der Waals surface area (Å²) in [6.45, 7) is 0.858. The summed E-state index contributed by atoms with van der Waals surface area (Å²) in [6, 6.07) is 24.1. The van der Waals surface area contributed by atoms with Crippen molar-refractivity contribution in [2.45, 2.75) is 0 Å². The molecule has 0 heterocycles. The topological polar surface area (TPSA) is 79.5 Å². The first-order valence-corrected chi connectivity index (χ1v) is 10.1. The van der Waals surface area contributed by atoms with Gasteiger partial charge in [-0.2, -0.15) is 0 Å². The van der Waals surface area contributed by atoms with Gasteiger partial charge in [-0.25, -0.2) is 0 Å². The molecule has 0 saturated carbocycles. The van der Waals surface area contributed by atoms with E-state index in [2.05, 4.69) is 16.0 Å². The molecule has 0 spiro atoms. The van der Waals surface area contributed by atoms with E-state index in [1.807, 2.05) is 42.5 Å². The van der Waals surface area contributed by atoms with Crippen LogP contribution in [0, 0.1) is 0 Å². The summed E-state index contributed by atoms with van der Waals surface area (Å²) >= 11 is 5.25. The highest BCUT2D eigenvalue weighted by atomic mass is 32.1. The van der Waals surface area contributed by atoms with Gasteiger partial charge in [0.25, 0.3) is 11.8 Å². The number of hydrogen-bond donors (Lipinski definition) is 3. The lowest BCUT2D eigenvalue weighted by Gasteiger charge is -2.11. The molecule has 0 fully saturated rings. The number of rotatable bonds is 7. The van der Waals surface area contributed by atoms with Crippen LogP contribution in [-0.4, -0.2) is 37.2 Å². The fourth-order valence-electron chi connectivity index (χ4n) is 2.89. The molecule has 0 aliphatic rings. The molecule has 31 heavy (non-hydrogen) atoms. The molecule has 3 aromatic carbocycles. The van der Waals surface area contributed by atoms with E-state index in [0.717, 1.165) is 11.1 Å². The van der Waals surface area contributed by atoms with E-state index in [4.69, 9.17) is 17.0 Å². The average Bonchev–Trinajstić information content (AvgIpc) is 2.80. The third-order valence-electron chi connectivity index (χ3n) is 4.46. The molecule has 0 aromatic heterocycles. The molecule has 6 nitrogen and oxygen atoms in total. The Morgan fingerprint density at radius 3 is 2.26 bits per heavy atom. The fraction of sp³-hybridized carbons (Fsp3) is 0.125. The summed E-state index contributed by atoms with van der Waals surface area (Å²) in [7, 11) is 1.57. The van der Waals surface area contributed by atoms with Crippen molar-refractivity contribution in [3.05, 3.63) is 90.0 Å². The van der Waals surface area contributed by atoms with Crippen LogP contribution in [0.1, 0.15) is 20.7 Å². The Morgan fingerprint density at radius 1 is 0.839 bits per heavy atom. The highest BCUT2D eigenvalue weighted by molar-refractivity contribution is 7.80. The van der Waals surface area contributed by atoms with Crippen molar-refractivity contribution >= 4 is 34.8 Å². The van der Waals surface area contributed by atoms with Gasteiger partial charge in [0.1, 0.15) is 0 Å². The van der Waals surface area contributed by atoms with Crippen molar-refractivity contribution in [1.82, 2.24) is 10.6 Å². The first-order valence-electron chi connectivity index (χ1n) is 9.72. The van der Waals surface area contributed by atoms with Crippen molar-refractivity contribution in [2.75, 3.05) is 25.6 Å². The number of benzene rings is 3. The minimum Gasteiger partial charge on any atom is -0.383 e. The van der Waals surface area contributed by atoms with Crippen LogP contribution in [0.3, 0.4) is 0 Å². The summed E-state index contributed by atoms with van der Waals surface area (Å²) in [5.74, 6) is -0.528. The Labute approximate surface area is 186 Å². The van der Waals surface area contributed by atoms with Crippen molar-refractivity contribution in [2.24, 2.45) is 0 Å². The number of carbonyl (C=O) groups is 2. The van der Waals surface area contributed by atoms with Gasteiger partial charge in [0.2, 0.25) is 0 Å². The lowest BCUT2D eigenvalue weighted by molar-refractivity contribution is 0.0935. The molecule has 3 N–H and O–H groups in total. The van der Waals surface area contributed by atoms with Crippen LogP contribution < -0.4 is 16.0 Å². The molecule has 3 rings (SSSR count). The molecule has 158 valence electrons. The lowest BCUT2D eigenvalue weighted by atomic mass is 10.0. The molecule has 0 saturated heterocycles. The molecule has 7 heteroatoms. The normalized spacial score (nSPS) is 10.2. The van der Waals surface area contributed by atoms with E-state index in [1.54, 1.807) is 43.5 Å². The predicted octanol–water partition coefficient (Wildman–Crippen LogP) is 3.86. The molecular weight excluding hydrogens is 410 g/mol. The number of nitrogens with one attached hydrogen (secondary N) is 3. The first kappa shape index (κ1) is 22.1. The third-order valence-corrected chi connectivity index (χ3v) is 4.66. The van der Waals surface area contributed by atoms with E-state index in [1.165, 1.54) is 0 Å². The summed E-state index contributed by atoms with van der Waals surface area (Å²) in [5.41, 5.74) is 3.68. The number of methoxy groups -OCH3 is 1. The van der Waals surface area contributed by atoms with E-state index in [0.29, 0.717) is 30.0 Å². The summed E-state index contributed by atoms with van der Waals surface area (Å²) in [4.78, 5) is 24.7. The van der Waals surface area contributed by atoms with Crippen LogP contribution in [0.2, 0.25) is 0 Å². The number of hydrogen-bond acceptors (Lipinski definition) is 4. The molecule has 0 atom stereocenters. The van der Waals surface area contributed by atoms with Crippen molar-refractivity contribution in [1.29, 1.82) is 0 Å². The molecule has 0 aliphatic carbocycles. The SMILES string of the molecule is COCCNC(=O)c1cccc(NC(=S)NC(=O)c2ccc(-c3ccccc3)cc2)c1. The molecule has 2 amide bonds. The molecular formula is C24H23N3O3S. The van der Waals surface area contributed by atoms with Crippen LogP contribution in [0.5, 0.6) is 0 Å². The van der Waals surface area contributed by atoms with E-state index < -0.39 is 0 Å². The Balaban J connectivity index is 1.57. The highest BCUT2D eigenvalue weighted by Crippen LogP contribution is 2.19. The Hall–Kier alpha value is -3.55. The number of thiocarbonyl (C=S) groups is 1. The maximum absolute atomic E-state index is 12.5. The van der Waals surface area contributed by atoms with Crippen LogP contribution in [0.25, 0.3) is 11.1 Å². The zero-order valence-electron chi connectivity index (χ0n) is 17.1. The molecule has 0 aliphatic heterocycles. The maximum atomic E-state index is 12.5. The van der Waals surface area contributed by atoms with Gasteiger partial charge in [-0.05, 0) is 53.7 Å². The number of carbonyl (C=O) groups excluding carboxylic acids is 2. The van der Waals surface area contributed by atoms with E-state index >= 15 is 0 Å². The van der Waals surface area contributed by atoms with Crippen LogP contribution in [-0.2, 0) is 4.74 Å². The van der Waals surface area contributed by atoms with Crippen molar-refractivity contribution < 1.29 is 14.3 Å². The van der Waals surface area contributed by atoms with Crippen LogP contribution in [0.4, 0.5) is 5.69 Å². The third kappa shape index (κ3) is 6.47. The van der Waals surface area contributed by atoms with Gasteiger partial charge >= 0.3 is 0 Å². The number of amides is 2. The van der Waals surface area contributed by atoms with Gasteiger partial charge in [0.05, 0.1) is 6.61 Å². The largest absolute Gasteiger partial charge is 0.383 e. The predicted molar refractivity (Wildman–Crippen MR) is 126 cm³/mol. The highest BCUT2D eigenvalue weighted by Gasteiger charge is 2.10. The zero-order chi connectivity index (χ0) is 22.1. The van der Waals surface area contributed by atoms with Gasteiger partial charge in [-0.3, -0.25) is 14.9 Å². The standard InChI is InChI=1S/C24H23N3O3S/c1-30-15-14-25-22(28)20-8-5-9-21(16-20)26-24(31)27-23(29)19-12-10-18(11-13-19)17-6-3-2-4-7-17/h2-13,16H,14-15H2,1H3,(H,25,28)(H2,26,27,29,31). The Kier molecular flexibility index (Phi) is 7.86. The molecule has 0 radical (unpaired) electrons. The zero-order valence-corrected chi connectivity index (χ0v) is 17.9. The molecule has 0 unspecified atom stereocenters. The summed E-state index contributed by atoms with van der Waals surface area (Å²) in [5, 5.41) is 8.50. The van der Waals surface area contributed by atoms with E-state index in [-0.39, 0.29) is 16.9 Å². The van der Waals surface area contributed by atoms with Gasteiger partial charge in [-0.1, -0.05) is 48.5 Å². The van der Waals surface area contributed by atoms with Crippen LogP contribution >= 0.6 is 12.2 Å². The van der Waals surface area contributed by atoms with Gasteiger partial charge in [0, 0.05) is 30.5 Å². The van der Waals surface area contributed by atoms with Gasteiger partial charge < -0.3 is 15.4 Å². The number of ether oxygens (including phenoxy) is 1. The van der Waals surface area contributed by atoms with Gasteiger partial charge in [-0.15, -0.1) is 0 Å². The summed E-state index contributed by atoms with van der Waals surface area (Å²) < 4.78 is 4.92. The minimum absolute atomic E-state index is 0.147. The Bertz CT molecular complexity index is 1050. The smallest absolute Gasteiger partial charge is 0.257 e. The molecule has 3 aromatic rings. The van der Waals surface area contributed by atoms with Gasteiger partial charge in [0.15, 0.2) is 5.11 Å². The number of anilines is 1. The van der Waals surface area contributed by atoms with Crippen molar-refractivity contribution in [3.63, 3.8) is 0 Å². The molecule has 0 bridgehead atoms. The van der Waals surface area contributed by atoms with Crippen LogP contribution in [0.15, 0.2) is 78.9 Å². The monoisotopic (exact) mass is 433 g/mol. The lowest BCUT2D eigenvalue weighted by Crippen LogP contribution is -2.34. The second-order valence-electron chi connectivity index (χ2n) is 6.68. The fourth-order valence-corrected chi connectivity index (χ4v) is 3.10. The first-order chi connectivity index (χ1) is 15.1. The van der Waals surface area contributed by atoms with Crippen molar-refractivity contribution in [3.8, 4) is 11.1 Å². The summed E-state index contributed by atoms with van der Waals surface area (Å²) in [6.07, 6.45) is 0. The maximum Gasteiger partial charge on any atom is 0.257 e. The minimum atomic E-state index is -0.314. The average molecular weight is 434 g/mol. The Morgan fingerprint density at radius 2 is 1.55 bits per heavy atom.